The Labute approximate surface area is 101 Å². The van der Waals surface area contributed by atoms with Crippen molar-refractivity contribution in [1.29, 1.82) is 0 Å². The highest BCUT2D eigenvalue weighted by Gasteiger charge is 2.15. The standard InChI is InChI=1S/C12H17N5/c1-7-5-8(2)11(9(3)6-7)17-12(10(4)13)14-15-16-17/h5-6,10H,13H2,1-4H3. The fourth-order valence-electron chi connectivity index (χ4n) is 2.14. The topological polar surface area (TPSA) is 69.6 Å². The summed E-state index contributed by atoms with van der Waals surface area (Å²) >= 11 is 0. The fourth-order valence-corrected chi connectivity index (χ4v) is 2.14. The molecule has 90 valence electrons. The molecule has 0 saturated carbocycles. The van der Waals surface area contributed by atoms with E-state index in [1.165, 1.54) is 5.56 Å². The first kappa shape index (κ1) is 11.7. The van der Waals surface area contributed by atoms with E-state index in [1.54, 1.807) is 4.68 Å². The van der Waals surface area contributed by atoms with E-state index in [0.29, 0.717) is 5.82 Å². The maximum absolute atomic E-state index is 5.86. The number of hydrogen-bond acceptors (Lipinski definition) is 4. The van der Waals surface area contributed by atoms with Gasteiger partial charge < -0.3 is 5.73 Å². The molecule has 0 bridgehead atoms. The Hall–Kier alpha value is -1.75. The Bertz CT molecular complexity index is 519. The highest BCUT2D eigenvalue weighted by Crippen LogP contribution is 2.22. The van der Waals surface area contributed by atoms with Crippen molar-refractivity contribution in [2.45, 2.75) is 33.7 Å². The van der Waals surface area contributed by atoms with E-state index in [9.17, 15) is 0 Å². The Morgan fingerprint density at radius 2 is 1.76 bits per heavy atom. The number of nitrogens with zero attached hydrogens (tertiary/aromatic N) is 4. The van der Waals surface area contributed by atoms with Crippen molar-refractivity contribution in [3.8, 4) is 5.69 Å². The molecule has 0 radical (unpaired) electrons. The minimum Gasteiger partial charge on any atom is -0.321 e. The van der Waals surface area contributed by atoms with E-state index in [-0.39, 0.29) is 6.04 Å². The van der Waals surface area contributed by atoms with Gasteiger partial charge in [-0.25, -0.2) is 0 Å². The molecule has 5 heteroatoms. The van der Waals surface area contributed by atoms with Crippen LogP contribution in [0.4, 0.5) is 0 Å². The molecule has 17 heavy (non-hydrogen) atoms. The molecule has 1 aromatic carbocycles. The van der Waals surface area contributed by atoms with Gasteiger partial charge in [0.15, 0.2) is 5.82 Å². The van der Waals surface area contributed by atoms with E-state index in [2.05, 4.69) is 48.4 Å². The number of rotatable bonds is 2. The second-order valence-electron chi connectivity index (χ2n) is 4.48. The molecule has 2 rings (SSSR count). The number of benzene rings is 1. The average Bonchev–Trinajstić information content (AvgIpc) is 2.64. The van der Waals surface area contributed by atoms with E-state index < -0.39 is 0 Å². The van der Waals surface area contributed by atoms with Crippen LogP contribution in [0.1, 0.15) is 35.5 Å². The molecule has 0 saturated heterocycles. The first-order chi connectivity index (χ1) is 8.00. The molecule has 2 aromatic rings. The van der Waals surface area contributed by atoms with Gasteiger partial charge in [-0.15, -0.1) is 5.10 Å². The second kappa shape index (κ2) is 4.25. The molecule has 0 spiro atoms. The van der Waals surface area contributed by atoms with Gasteiger partial charge >= 0.3 is 0 Å². The Morgan fingerprint density at radius 3 is 2.29 bits per heavy atom. The van der Waals surface area contributed by atoms with E-state index in [4.69, 9.17) is 5.73 Å². The molecule has 1 heterocycles. The van der Waals surface area contributed by atoms with E-state index >= 15 is 0 Å². The molecular formula is C12H17N5. The van der Waals surface area contributed by atoms with Crippen LogP contribution in [-0.2, 0) is 0 Å². The first-order valence-corrected chi connectivity index (χ1v) is 5.62. The van der Waals surface area contributed by atoms with Gasteiger partial charge in [0.1, 0.15) is 0 Å². The third-order valence-electron chi connectivity index (χ3n) is 2.75. The SMILES string of the molecule is Cc1cc(C)c(-n2nnnc2C(C)N)c(C)c1. The quantitative estimate of drug-likeness (QED) is 0.852. The van der Waals surface area contributed by atoms with Crippen LogP contribution >= 0.6 is 0 Å². The molecule has 0 fully saturated rings. The molecule has 2 N–H and O–H groups in total. The first-order valence-electron chi connectivity index (χ1n) is 5.62. The Morgan fingerprint density at radius 1 is 1.18 bits per heavy atom. The average molecular weight is 231 g/mol. The van der Waals surface area contributed by atoms with Gasteiger partial charge in [-0.3, -0.25) is 0 Å². The van der Waals surface area contributed by atoms with Crippen LogP contribution in [0.15, 0.2) is 12.1 Å². The zero-order valence-electron chi connectivity index (χ0n) is 10.6. The second-order valence-corrected chi connectivity index (χ2v) is 4.48. The molecule has 0 amide bonds. The highest BCUT2D eigenvalue weighted by atomic mass is 15.5. The van der Waals surface area contributed by atoms with Crippen LogP contribution in [0.3, 0.4) is 0 Å². The monoisotopic (exact) mass is 231 g/mol. The van der Waals surface area contributed by atoms with Crippen molar-refractivity contribution in [2.75, 3.05) is 0 Å². The molecule has 5 nitrogen and oxygen atoms in total. The minimum absolute atomic E-state index is 0.190. The van der Waals surface area contributed by atoms with E-state index in [0.717, 1.165) is 16.8 Å². The van der Waals surface area contributed by atoms with Gasteiger partial charge in [0.2, 0.25) is 0 Å². The smallest absolute Gasteiger partial charge is 0.173 e. The molecule has 1 aromatic heterocycles. The van der Waals surface area contributed by atoms with Crippen LogP contribution in [0, 0.1) is 20.8 Å². The van der Waals surface area contributed by atoms with Crippen LogP contribution in [0.2, 0.25) is 0 Å². The van der Waals surface area contributed by atoms with Gasteiger partial charge in [-0.2, -0.15) is 4.68 Å². The van der Waals surface area contributed by atoms with Gasteiger partial charge in [0.25, 0.3) is 0 Å². The molecule has 0 aliphatic heterocycles. The zero-order valence-corrected chi connectivity index (χ0v) is 10.6. The van der Waals surface area contributed by atoms with Gasteiger partial charge in [-0.1, -0.05) is 17.7 Å². The van der Waals surface area contributed by atoms with Crippen LogP contribution in [0.25, 0.3) is 5.69 Å². The Balaban J connectivity index is 2.64. The molecule has 1 unspecified atom stereocenters. The number of nitrogens with two attached hydrogens (primary N) is 1. The summed E-state index contributed by atoms with van der Waals surface area (Å²) in [5.41, 5.74) is 10.4. The summed E-state index contributed by atoms with van der Waals surface area (Å²) in [5, 5.41) is 11.7. The number of tetrazole rings is 1. The van der Waals surface area contributed by atoms with Gasteiger partial charge in [0, 0.05) is 0 Å². The Kier molecular flexibility index (Phi) is 2.93. The maximum atomic E-state index is 5.86. The summed E-state index contributed by atoms with van der Waals surface area (Å²) in [5.74, 6) is 0.681. The third-order valence-corrected chi connectivity index (χ3v) is 2.75. The maximum Gasteiger partial charge on any atom is 0.173 e. The lowest BCUT2D eigenvalue weighted by Crippen LogP contribution is -2.15. The minimum atomic E-state index is -0.190. The van der Waals surface area contributed by atoms with Crippen LogP contribution in [0.5, 0.6) is 0 Å². The van der Waals surface area contributed by atoms with Gasteiger partial charge in [0.05, 0.1) is 11.7 Å². The summed E-state index contributed by atoms with van der Waals surface area (Å²) in [7, 11) is 0. The van der Waals surface area contributed by atoms with Crippen molar-refractivity contribution in [3.05, 3.63) is 34.6 Å². The normalized spacial score (nSPS) is 12.8. The number of aryl methyl sites for hydroxylation is 3. The van der Waals surface area contributed by atoms with Crippen molar-refractivity contribution in [2.24, 2.45) is 5.73 Å². The largest absolute Gasteiger partial charge is 0.321 e. The van der Waals surface area contributed by atoms with Gasteiger partial charge in [-0.05, 0) is 49.2 Å². The molecule has 0 aliphatic carbocycles. The highest BCUT2D eigenvalue weighted by molar-refractivity contribution is 5.49. The fraction of sp³-hybridized carbons (Fsp3) is 0.417. The summed E-state index contributed by atoms with van der Waals surface area (Å²) in [6.07, 6.45) is 0. The predicted octanol–water partition coefficient (Wildman–Crippen LogP) is 1.61. The summed E-state index contributed by atoms with van der Waals surface area (Å²) in [6, 6.07) is 4.05. The zero-order chi connectivity index (χ0) is 12.6. The lowest BCUT2D eigenvalue weighted by atomic mass is 10.1. The van der Waals surface area contributed by atoms with Crippen molar-refractivity contribution in [3.63, 3.8) is 0 Å². The third kappa shape index (κ3) is 2.06. The van der Waals surface area contributed by atoms with Crippen molar-refractivity contribution < 1.29 is 0 Å². The predicted molar refractivity (Wildman–Crippen MR) is 66.0 cm³/mol. The lowest BCUT2D eigenvalue weighted by molar-refractivity contribution is 0.684. The van der Waals surface area contributed by atoms with Crippen LogP contribution in [-0.4, -0.2) is 20.2 Å². The molecular weight excluding hydrogens is 214 g/mol. The number of hydrogen-bond donors (Lipinski definition) is 1. The summed E-state index contributed by atoms with van der Waals surface area (Å²) < 4.78 is 1.73. The van der Waals surface area contributed by atoms with Crippen molar-refractivity contribution in [1.82, 2.24) is 20.2 Å². The number of aromatic nitrogens is 4. The van der Waals surface area contributed by atoms with Crippen molar-refractivity contribution >= 4 is 0 Å². The summed E-state index contributed by atoms with van der Waals surface area (Å²) in [6.45, 7) is 8.07. The molecule has 1 atom stereocenters. The van der Waals surface area contributed by atoms with Crippen LogP contribution < -0.4 is 5.73 Å². The van der Waals surface area contributed by atoms with E-state index in [1.807, 2.05) is 6.92 Å². The molecule has 0 aliphatic rings. The lowest BCUT2D eigenvalue weighted by Gasteiger charge is -2.13. The summed E-state index contributed by atoms with van der Waals surface area (Å²) in [4.78, 5) is 0.